The quantitative estimate of drug-likeness (QED) is 0.879. The number of rotatable bonds is 4. The summed E-state index contributed by atoms with van der Waals surface area (Å²) < 4.78 is 30.0. The van der Waals surface area contributed by atoms with Gasteiger partial charge in [0.2, 0.25) is 0 Å². The van der Waals surface area contributed by atoms with Crippen LogP contribution in [0.2, 0.25) is 0 Å². The Labute approximate surface area is 126 Å². The van der Waals surface area contributed by atoms with Crippen molar-refractivity contribution in [1.29, 1.82) is 0 Å². The van der Waals surface area contributed by atoms with E-state index >= 15 is 0 Å². The van der Waals surface area contributed by atoms with E-state index in [-0.39, 0.29) is 12.8 Å². The number of alkyl halides is 2. The number of hydrogen-bond acceptors (Lipinski definition) is 4. The van der Waals surface area contributed by atoms with E-state index in [1.54, 1.807) is 4.68 Å². The van der Waals surface area contributed by atoms with Gasteiger partial charge in [-0.2, -0.15) is 13.9 Å². The van der Waals surface area contributed by atoms with Crippen LogP contribution in [-0.4, -0.2) is 37.3 Å². The van der Waals surface area contributed by atoms with Gasteiger partial charge in [0.25, 0.3) is 5.91 Å². The van der Waals surface area contributed by atoms with Crippen molar-refractivity contribution in [3.8, 4) is 0 Å². The molecule has 2 N–H and O–H groups in total. The molecule has 3 rings (SSSR count). The van der Waals surface area contributed by atoms with Gasteiger partial charge in [-0.05, 0) is 32.1 Å². The minimum atomic E-state index is -3.78. The number of nitrogens with zero attached hydrogens (tertiary/aromatic N) is 3. The lowest BCUT2D eigenvalue weighted by atomic mass is 9.75. The maximum atomic E-state index is 14.1. The topological polar surface area (TPSA) is 80.0 Å². The van der Waals surface area contributed by atoms with Crippen LogP contribution in [-0.2, 0) is 17.8 Å². The van der Waals surface area contributed by atoms with E-state index in [0.717, 1.165) is 6.42 Å². The lowest BCUT2D eigenvalue weighted by Gasteiger charge is -2.42. The van der Waals surface area contributed by atoms with Crippen LogP contribution >= 0.6 is 0 Å². The Morgan fingerprint density at radius 3 is 2.82 bits per heavy atom. The van der Waals surface area contributed by atoms with Gasteiger partial charge in [0.1, 0.15) is 11.4 Å². The molecule has 1 amide bonds. The van der Waals surface area contributed by atoms with Crippen LogP contribution in [0.1, 0.15) is 56.7 Å². The average Bonchev–Trinajstić information content (AvgIpc) is 2.88. The first-order valence-electron chi connectivity index (χ1n) is 7.72. The summed E-state index contributed by atoms with van der Waals surface area (Å²) >= 11 is 0. The Morgan fingerprint density at radius 2 is 2.23 bits per heavy atom. The zero-order valence-corrected chi connectivity index (χ0v) is 12.5. The largest absolute Gasteiger partial charge is 0.383 e. The van der Waals surface area contributed by atoms with Gasteiger partial charge in [-0.25, -0.2) is 9.67 Å². The third-order valence-corrected chi connectivity index (χ3v) is 4.59. The first kappa shape index (κ1) is 15.3. The van der Waals surface area contributed by atoms with Gasteiger partial charge < -0.3 is 10.4 Å². The van der Waals surface area contributed by atoms with Crippen LogP contribution in [0.3, 0.4) is 0 Å². The van der Waals surface area contributed by atoms with Crippen molar-refractivity contribution in [3.05, 3.63) is 11.6 Å². The lowest BCUT2D eigenvalue weighted by Crippen LogP contribution is -2.61. The predicted octanol–water partition coefficient (Wildman–Crippen LogP) is 1.34. The number of halogens is 2. The van der Waals surface area contributed by atoms with Gasteiger partial charge in [-0.15, -0.1) is 0 Å². The second kappa shape index (κ2) is 5.26. The summed E-state index contributed by atoms with van der Waals surface area (Å²) in [5.41, 5.74) is -2.20. The predicted molar refractivity (Wildman–Crippen MR) is 73.3 cm³/mol. The number of fused-ring (bicyclic) bond motifs is 1. The molecule has 0 bridgehead atoms. The number of amides is 1. The monoisotopic (exact) mass is 314 g/mol. The molecular formula is C14H20F2N4O2. The fraction of sp³-hybridized carbons (Fsp3) is 0.786. The maximum Gasteiger partial charge on any atom is 0.352 e. The molecule has 1 aromatic rings. The number of carbonyl (C=O) groups excluding carboxylic acids is 1. The number of aliphatic hydroxyl groups is 1. The summed E-state index contributed by atoms with van der Waals surface area (Å²) in [4.78, 5) is 16.3. The van der Waals surface area contributed by atoms with E-state index in [2.05, 4.69) is 15.4 Å². The van der Waals surface area contributed by atoms with Crippen LogP contribution in [0.4, 0.5) is 8.78 Å². The summed E-state index contributed by atoms with van der Waals surface area (Å²) in [5, 5.41) is 16.5. The van der Waals surface area contributed by atoms with Gasteiger partial charge in [-0.1, -0.05) is 6.92 Å². The van der Waals surface area contributed by atoms with Crippen LogP contribution in [0, 0.1) is 0 Å². The molecule has 2 heterocycles. The van der Waals surface area contributed by atoms with Crippen molar-refractivity contribution < 1.29 is 18.7 Å². The van der Waals surface area contributed by atoms with E-state index in [0.29, 0.717) is 37.5 Å². The van der Waals surface area contributed by atoms with Crippen molar-refractivity contribution in [1.82, 2.24) is 20.1 Å². The smallest absolute Gasteiger partial charge is 0.352 e. The van der Waals surface area contributed by atoms with Gasteiger partial charge in [0.05, 0.1) is 6.04 Å². The molecule has 8 heteroatoms. The molecular weight excluding hydrogens is 294 g/mol. The molecule has 122 valence electrons. The molecule has 1 unspecified atom stereocenters. The number of nitrogens with one attached hydrogen (secondary N) is 1. The van der Waals surface area contributed by atoms with Crippen molar-refractivity contribution in [2.75, 3.05) is 0 Å². The SMILES string of the molecule is CCc1nc2n(n1)CCCC2NC(=O)C(F)(F)C1(O)CCC1. The maximum absolute atomic E-state index is 14.1. The lowest BCUT2D eigenvalue weighted by molar-refractivity contribution is -0.216. The van der Waals surface area contributed by atoms with Gasteiger partial charge in [-0.3, -0.25) is 4.79 Å². The van der Waals surface area contributed by atoms with Crippen LogP contribution < -0.4 is 5.32 Å². The molecule has 1 fully saturated rings. The molecule has 1 aliphatic heterocycles. The van der Waals surface area contributed by atoms with Crippen LogP contribution in [0.5, 0.6) is 0 Å². The highest BCUT2D eigenvalue weighted by Gasteiger charge is 2.61. The Hall–Kier alpha value is -1.57. The molecule has 1 aromatic heterocycles. The number of hydrogen-bond donors (Lipinski definition) is 2. The van der Waals surface area contributed by atoms with E-state index in [9.17, 15) is 18.7 Å². The Balaban J connectivity index is 1.76. The van der Waals surface area contributed by atoms with Crippen molar-refractivity contribution in [3.63, 3.8) is 0 Å². The minimum absolute atomic E-state index is 0.0474. The molecule has 0 radical (unpaired) electrons. The summed E-state index contributed by atoms with van der Waals surface area (Å²) in [7, 11) is 0. The average molecular weight is 314 g/mol. The number of aryl methyl sites for hydroxylation is 2. The van der Waals surface area contributed by atoms with E-state index in [1.807, 2.05) is 6.92 Å². The normalized spacial score (nSPS) is 23.5. The zero-order valence-electron chi connectivity index (χ0n) is 12.5. The first-order chi connectivity index (χ1) is 10.4. The van der Waals surface area contributed by atoms with Crippen molar-refractivity contribution in [2.45, 2.75) is 69.6 Å². The second-order valence-electron chi connectivity index (χ2n) is 6.09. The Morgan fingerprint density at radius 1 is 1.50 bits per heavy atom. The van der Waals surface area contributed by atoms with E-state index < -0.39 is 23.5 Å². The van der Waals surface area contributed by atoms with Gasteiger partial charge >= 0.3 is 5.92 Å². The van der Waals surface area contributed by atoms with Gasteiger partial charge in [0, 0.05) is 13.0 Å². The molecule has 1 saturated carbocycles. The van der Waals surface area contributed by atoms with Crippen molar-refractivity contribution in [2.24, 2.45) is 0 Å². The molecule has 22 heavy (non-hydrogen) atoms. The molecule has 1 atom stereocenters. The second-order valence-corrected chi connectivity index (χ2v) is 6.09. The third kappa shape index (κ3) is 2.29. The fourth-order valence-electron chi connectivity index (χ4n) is 2.97. The molecule has 1 aliphatic carbocycles. The standard InChI is InChI=1S/C14H20F2N4O2/c1-2-10-18-11-9(5-3-8-20(11)19-10)17-12(21)14(15,16)13(22)6-4-7-13/h9,22H,2-8H2,1H3,(H,17,21). The minimum Gasteiger partial charge on any atom is -0.383 e. The fourth-order valence-corrected chi connectivity index (χ4v) is 2.97. The van der Waals surface area contributed by atoms with E-state index in [1.165, 1.54) is 0 Å². The first-order valence-corrected chi connectivity index (χ1v) is 7.72. The summed E-state index contributed by atoms with van der Waals surface area (Å²) in [6.07, 6.45) is 2.35. The van der Waals surface area contributed by atoms with Crippen molar-refractivity contribution >= 4 is 5.91 Å². The summed E-state index contributed by atoms with van der Waals surface area (Å²) in [6, 6.07) is -0.580. The molecule has 0 spiro atoms. The summed E-state index contributed by atoms with van der Waals surface area (Å²) in [5.74, 6) is -4.04. The Kier molecular flexibility index (Phi) is 3.66. The van der Waals surface area contributed by atoms with Gasteiger partial charge in [0.15, 0.2) is 5.82 Å². The number of carbonyl (C=O) groups is 1. The molecule has 6 nitrogen and oxygen atoms in total. The molecule has 0 saturated heterocycles. The highest BCUT2D eigenvalue weighted by atomic mass is 19.3. The Bertz CT molecular complexity index is 583. The number of aromatic nitrogens is 3. The van der Waals surface area contributed by atoms with E-state index in [4.69, 9.17) is 0 Å². The van der Waals surface area contributed by atoms with Crippen LogP contribution in [0.15, 0.2) is 0 Å². The third-order valence-electron chi connectivity index (χ3n) is 4.59. The van der Waals surface area contributed by atoms with Crippen LogP contribution in [0.25, 0.3) is 0 Å². The summed E-state index contributed by atoms with van der Waals surface area (Å²) in [6.45, 7) is 2.59. The highest BCUT2D eigenvalue weighted by Crippen LogP contribution is 2.44. The highest BCUT2D eigenvalue weighted by molar-refractivity contribution is 5.85. The zero-order chi connectivity index (χ0) is 16.0. The molecule has 0 aromatic carbocycles. The molecule has 2 aliphatic rings.